The summed E-state index contributed by atoms with van der Waals surface area (Å²) in [6.45, 7) is 0.494. The summed E-state index contributed by atoms with van der Waals surface area (Å²) < 4.78 is 6.81. The van der Waals surface area contributed by atoms with Crippen molar-refractivity contribution in [1.82, 2.24) is 9.55 Å². The van der Waals surface area contributed by atoms with Crippen LogP contribution in [0, 0.1) is 5.92 Å². The number of imidazole rings is 1. The molecule has 1 aromatic rings. The molecule has 21 heavy (non-hydrogen) atoms. The van der Waals surface area contributed by atoms with E-state index in [2.05, 4.69) is 4.98 Å². The molecule has 1 saturated carbocycles. The highest BCUT2D eigenvalue weighted by Crippen LogP contribution is 2.36. The number of carbonyl (C=O) groups excluding carboxylic acids is 1. The smallest absolute Gasteiger partial charge is 0.356 e. The van der Waals surface area contributed by atoms with Crippen LogP contribution in [0.4, 0.5) is 0 Å². The summed E-state index contributed by atoms with van der Waals surface area (Å²) in [7, 11) is 1.40. The van der Waals surface area contributed by atoms with E-state index in [1.165, 1.54) is 7.11 Å². The molecule has 1 fully saturated rings. The fourth-order valence-electron chi connectivity index (χ4n) is 3.61. The van der Waals surface area contributed by atoms with E-state index in [4.69, 9.17) is 4.74 Å². The predicted octanol–water partition coefficient (Wildman–Crippen LogP) is 1.97. The normalized spacial score (nSPS) is 22.0. The minimum absolute atomic E-state index is 0.167. The molecule has 0 amide bonds. The lowest BCUT2D eigenvalue weighted by Gasteiger charge is -2.25. The third-order valence-corrected chi connectivity index (χ3v) is 4.69. The molecule has 0 aromatic carbocycles. The zero-order valence-corrected chi connectivity index (χ0v) is 12.2. The number of carboxylic acids is 1. The fourth-order valence-corrected chi connectivity index (χ4v) is 3.61. The lowest BCUT2D eigenvalue weighted by atomic mass is 9.96. The molecule has 0 radical (unpaired) electrons. The van der Waals surface area contributed by atoms with E-state index in [-0.39, 0.29) is 17.6 Å². The van der Waals surface area contributed by atoms with Crippen LogP contribution >= 0.6 is 0 Å². The third-order valence-electron chi connectivity index (χ3n) is 4.69. The van der Waals surface area contributed by atoms with Crippen molar-refractivity contribution in [3.8, 4) is 0 Å². The van der Waals surface area contributed by atoms with E-state index in [1.807, 2.05) is 4.57 Å². The molecule has 1 aliphatic heterocycles. The van der Waals surface area contributed by atoms with Gasteiger partial charge in [0.2, 0.25) is 0 Å². The SMILES string of the molecule is COC(=O)C1CCc2c(C(=O)O)nc(C3CCCC3)n2C1. The van der Waals surface area contributed by atoms with Crippen molar-refractivity contribution in [2.75, 3.05) is 7.11 Å². The number of carboxylic acid groups (broad SMARTS) is 1. The number of nitrogens with zero attached hydrogens (tertiary/aromatic N) is 2. The Kier molecular flexibility index (Phi) is 3.69. The van der Waals surface area contributed by atoms with Gasteiger partial charge in [-0.05, 0) is 25.7 Å². The Hall–Kier alpha value is -1.85. The van der Waals surface area contributed by atoms with Crippen LogP contribution in [-0.2, 0) is 22.5 Å². The zero-order chi connectivity index (χ0) is 15.0. The van der Waals surface area contributed by atoms with Crippen molar-refractivity contribution < 1.29 is 19.4 Å². The summed E-state index contributed by atoms with van der Waals surface area (Å²) in [5.41, 5.74) is 0.935. The highest BCUT2D eigenvalue weighted by Gasteiger charge is 2.34. The maximum atomic E-state index is 11.8. The predicted molar refractivity (Wildman–Crippen MR) is 74.2 cm³/mol. The summed E-state index contributed by atoms with van der Waals surface area (Å²) in [6.07, 6.45) is 5.63. The molecular formula is C15H20N2O4. The van der Waals surface area contributed by atoms with Gasteiger partial charge in [-0.2, -0.15) is 0 Å². The zero-order valence-electron chi connectivity index (χ0n) is 12.2. The van der Waals surface area contributed by atoms with Gasteiger partial charge in [-0.3, -0.25) is 4.79 Å². The average Bonchev–Trinajstić information content (AvgIpc) is 3.12. The average molecular weight is 292 g/mol. The Labute approximate surface area is 123 Å². The maximum Gasteiger partial charge on any atom is 0.356 e. The summed E-state index contributed by atoms with van der Waals surface area (Å²) >= 11 is 0. The van der Waals surface area contributed by atoms with E-state index in [1.54, 1.807) is 0 Å². The van der Waals surface area contributed by atoms with Crippen LogP contribution < -0.4 is 0 Å². The number of esters is 1. The van der Waals surface area contributed by atoms with Crippen molar-refractivity contribution in [3.05, 3.63) is 17.2 Å². The molecule has 1 aromatic heterocycles. The van der Waals surface area contributed by atoms with Crippen LogP contribution in [0.3, 0.4) is 0 Å². The van der Waals surface area contributed by atoms with Gasteiger partial charge >= 0.3 is 11.9 Å². The molecule has 1 atom stereocenters. The second-order valence-electron chi connectivity index (χ2n) is 5.92. The minimum Gasteiger partial charge on any atom is -0.476 e. The van der Waals surface area contributed by atoms with Gasteiger partial charge < -0.3 is 14.4 Å². The van der Waals surface area contributed by atoms with E-state index in [0.717, 1.165) is 37.2 Å². The van der Waals surface area contributed by atoms with Crippen LogP contribution in [0.5, 0.6) is 0 Å². The number of aromatic carboxylic acids is 1. The van der Waals surface area contributed by atoms with Crippen LogP contribution in [0.2, 0.25) is 0 Å². The highest BCUT2D eigenvalue weighted by molar-refractivity contribution is 5.87. The standard InChI is InChI=1S/C15H20N2O4/c1-21-15(20)10-6-7-11-12(14(18)19)16-13(17(11)8-10)9-4-2-3-5-9/h9-10H,2-8H2,1H3,(H,18,19). The topological polar surface area (TPSA) is 81.4 Å². The molecule has 1 N–H and O–H groups in total. The van der Waals surface area contributed by atoms with Gasteiger partial charge in [0, 0.05) is 12.5 Å². The van der Waals surface area contributed by atoms with Gasteiger partial charge in [0.05, 0.1) is 18.7 Å². The number of methoxy groups -OCH3 is 1. The Morgan fingerprint density at radius 3 is 2.62 bits per heavy atom. The number of rotatable bonds is 3. The van der Waals surface area contributed by atoms with Crippen molar-refractivity contribution >= 4 is 11.9 Å². The minimum atomic E-state index is -0.973. The van der Waals surface area contributed by atoms with E-state index < -0.39 is 5.97 Å². The molecule has 0 spiro atoms. The number of aromatic nitrogens is 2. The van der Waals surface area contributed by atoms with Crippen molar-refractivity contribution in [3.63, 3.8) is 0 Å². The van der Waals surface area contributed by atoms with Crippen LogP contribution in [0.1, 0.15) is 60.0 Å². The number of ether oxygens (including phenoxy) is 1. The molecule has 2 aliphatic rings. The Bertz CT molecular complexity index is 572. The fraction of sp³-hybridized carbons (Fsp3) is 0.667. The largest absolute Gasteiger partial charge is 0.476 e. The highest BCUT2D eigenvalue weighted by atomic mass is 16.5. The van der Waals surface area contributed by atoms with Crippen LogP contribution in [0.15, 0.2) is 0 Å². The lowest BCUT2D eigenvalue weighted by Crippen LogP contribution is -2.29. The third kappa shape index (κ3) is 2.43. The maximum absolute atomic E-state index is 11.8. The molecular weight excluding hydrogens is 272 g/mol. The molecule has 0 saturated heterocycles. The second-order valence-corrected chi connectivity index (χ2v) is 5.92. The molecule has 0 bridgehead atoms. The Morgan fingerprint density at radius 1 is 1.29 bits per heavy atom. The quantitative estimate of drug-likeness (QED) is 0.861. The molecule has 3 rings (SSSR count). The van der Waals surface area contributed by atoms with Gasteiger partial charge in [-0.25, -0.2) is 9.78 Å². The first-order valence-electron chi connectivity index (χ1n) is 7.52. The molecule has 6 heteroatoms. The number of fused-ring (bicyclic) bond motifs is 1. The van der Waals surface area contributed by atoms with Crippen molar-refractivity contribution in [2.45, 2.75) is 51.0 Å². The molecule has 114 valence electrons. The van der Waals surface area contributed by atoms with Crippen molar-refractivity contribution in [2.24, 2.45) is 5.92 Å². The first-order chi connectivity index (χ1) is 10.1. The molecule has 1 unspecified atom stereocenters. The monoisotopic (exact) mass is 292 g/mol. The number of hydrogen-bond acceptors (Lipinski definition) is 4. The van der Waals surface area contributed by atoms with Gasteiger partial charge in [0.25, 0.3) is 0 Å². The van der Waals surface area contributed by atoms with Crippen LogP contribution in [-0.4, -0.2) is 33.7 Å². The van der Waals surface area contributed by atoms with E-state index in [0.29, 0.717) is 25.3 Å². The lowest BCUT2D eigenvalue weighted by molar-refractivity contribution is -0.146. The van der Waals surface area contributed by atoms with E-state index in [9.17, 15) is 14.7 Å². The van der Waals surface area contributed by atoms with Gasteiger partial charge in [-0.1, -0.05) is 12.8 Å². The second kappa shape index (κ2) is 5.50. The Balaban J connectivity index is 1.98. The summed E-state index contributed by atoms with van der Waals surface area (Å²) in [6, 6.07) is 0. The molecule has 6 nitrogen and oxygen atoms in total. The summed E-state index contributed by atoms with van der Waals surface area (Å²) in [5.74, 6) is -0.205. The number of carbonyl (C=O) groups is 2. The van der Waals surface area contributed by atoms with Gasteiger partial charge in [-0.15, -0.1) is 0 Å². The van der Waals surface area contributed by atoms with Gasteiger partial charge in [0.15, 0.2) is 5.69 Å². The first-order valence-corrected chi connectivity index (χ1v) is 7.52. The van der Waals surface area contributed by atoms with Gasteiger partial charge in [0.1, 0.15) is 5.82 Å². The molecule has 1 aliphatic carbocycles. The van der Waals surface area contributed by atoms with E-state index >= 15 is 0 Å². The summed E-state index contributed by atoms with van der Waals surface area (Å²) in [5, 5.41) is 9.35. The summed E-state index contributed by atoms with van der Waals surface area (Å²) in [4.78, 5) is 27.6. The first kappa shape index (κ1) is 14.1. The number of hydrogen-bond donors (Lipinski definition) is 1. The van der Waals surface area contributed by atoms with Crippen molar-refractivity contribution in [1.29, 1.82) is 0 Å². The Morgan fingerprint density at radius 2 is 2.00 bits per heavy atom. The molecule has 2 heterocycles. The van der Waals surface area contributed by atoms with Crippen LogP contribution in [0.25, 0.3) is 0 Å².